The predicted octanol–water partition coefficient (Wildman–Crippen LogP) is 3.17. The van der Waals surface area contributed by atoms with E-state index in [-0.39, 0.29) is 58.2 Å². The van der Waals surface area contributed by atoms with Gasteiger partial charge in [-0.1, -0.05) is 39.0 Å². The standard InChI is InChI=1S/C23H41N2.C2H6.Rb/c1-19(2)25-14-10-23(11-15-25)16-21(17-23)18-24-12-8-22(9-13-24)6-4-20(3)5-7-22;1-2;/h19-20H,4-18H2,1-3H3;1-2H3;/q-1;;+1. The van der Waals surface area contributed by atoms with Crippen LogP contribution in [0.1, 0.15) is 98.8 Å². The monoisotopic (exact) mass is 460 g/mol. The molecule has 0 aromatic heterocycles. The first-order valence-corrected chi connectivity index (χ1v) is 12.3. The second-order valence-electron chi connectivity index (χ2n) is 10.7. The number of likely N-dealkylation sites (tertiary alicyclic amines) is 2. The van der Waals surface area contributed by atoms with Crippen LogP contribution >= 0.6 is 0 Å². The van der Waals surface area contributed by atoms with E-state index >= 15 is 0 Å². The van der Waals surface area contributed by atoms with Crippen molar-refractivity contribution in [3.63, 3.8) is 0 Å². The molecule has 2 spiro atoms. The van der Waals surface area contributed by atoms with E-state index in [4.69, 9.17) is 0 Å². The molecule has 0 unspecified atom stereocenters. The molecular formula is C25H47N2Rb. The van der Waals surface area contributed by atoms with Crippen LogP contribution in [0.4, 0.5) is 0 Å². The van der Waals surface area contributed by atoms with Gasteiger partial charge in [0.15, 0.2) is 0 Å². The first kappa shape index (κ1) is 26.0. The van der Waals surface area contributed by atoms with Crippen LogP contribution in [-0.2, 0) is 0 Å². The average molecular weight is 461 g/mol. The first-order chi connectivity index (χ1) is 13.0. The largest absolute Gasteiger partial charge is 1.00 e. The number of hydrogen-bond donors (Lipinski definition) is 0. The maximum atomic E-state index is 2.80. The SMILES string of the molecule is CC.CC1CCC2(CC1)CCN(C[C-]1CC3(CCN(C(C)C)CC3)C1)CC2.[Rb+]. The summed E-state index contributed by atoms with van der Waals surface area (Å²) in [5, 5.41) is 0. The summed E-state index contributed by atoms with van der Waals surface area (Å²) in [6, 6.07) is 0.740. The summed E-state index contributed by atoms with van der Waals surface area (Å²) < 4.78 is 0. The number of piperidine rings is 2. The molecule has 158 valence electrons. The van der Waals surface area contributed by atoms with Gasteiger partial charge in [-0.15, -0.1) is 6.54 Å². The van der Waals surface area contributed by atoms with Gasteiger partial charge in [-0.3, -0.25) is 5.92 Å². The smallest absolute Gasteiger partial charge is 0.332 e. The van der Waals surface area contributed by atoms with Gasteiger partial charge < -0.3 is 9.80 Å². The van der Waals surface area contributed by atoms with Gasteiger partial charge in [0, 0.05) is 6.04 Å². The van der Waals surface area contributed by atoms with Crippen LogP contribution in [0.2, 0.25) is 0 Å². The number of hydrogen-bond acceptors (Lipinski definition) is 2. The zero-order valence-corrected chi connectivity index (χ0v) is 25.1. The van der Waals surface area contributed by atoms with Crippen molar-refractivity contribution in [2.45, 2.75) is 105 Å². The van der Waals surface area contributed by atoms with E-state index in [9.17, 15) is 0 Å². The second kappa shape index (κ2) is 11.5. The Kier molecular flexibility index (Phi) is 10.7. The van der Waals surface area contributed by atoms with Gasteiger partial charge >= 0.3 is 58.2 Å². The average Bonchev–Trinajstić information content (AvgIpc) is 2.67. The molecule has 2 nitrogen and oxygen atoms in total. The maximum absolute atomic E-state index is 2.80. The summed E-state index contributed by atoms with van der Waals surface area (Å²) in [6.45, 7) is 17.9. The van der Waals surface area contributed by atoms with Crippen molar-refractivity contribution in [2.75, 3.05) is 32.7 Å². The van der Waals surface area contributed by atoms with Crippen molar-refractivity contribution in [1.82, 2.24) is 9.80 Å². The van der Waals surface area contributed by atoms with Crippen LogP contribution in [0.3, 0.4) is 0 Å². The molecule has 2 saturated heterocycles. The third-order valence-corrected chi connectivity index (χ3v) is 8.54. The fourth-order valence-electron chi connectivity index (χ4n) is 6.37. The van der Waals surface area contributed by atoms with E-state index < -0.39 is 0 Å². The topological polar surface area (TPSA) is 6.48 Å². The van der Waals surface area contributed by atoms with E-state index in [1.807, 2.05) is 19.8 Å². The molecular weight excluding hydrogens is 414 g/mol. The third kappa shape index (κ3) is 6.38. The Balaban J connectivity index is 0.000000906. The molecule has 0 aromatic rings. The van der Waals surface area contributed by atoms with Gasteiger partial charge in [0.25, 0.3) is 0 Å². The molecule has 2 saturated carbocycles. The summed E-state index contributed by atoms with van der Waals surface area (Å²) in [6.07, 6.45) is 14.8. The molecule has 0 aromatic carbocycles. The molecule has 0 amide bonds. The van der Waals surface area contributed by atoms with Crippen molar-refractivity contribution in [1.29, 1.82) is 0 Å². The van der Waals surface area contributed by atoms with Crippen LogP contribution in [0.5, 0.6) is 0 Å². The molecule has 2 aliphatic carbocycles. The van der Waals surface area contributed by atoms with E-state index in [0.29, 0.717) is 0 Å². The van der Waals surface area contributed by atoms with E-state index in [0.717, 1.165) is 22.8 Å². The van der Waals surface area contributed by atoms with Gasteiger partial charge in [-0.05, 0) is 89.9 Å². The van der Waals surface area contributed by atoms with Crippen LogP contribution in [0.15, 0.2) is 0 Å². The molecule has 2 aliphatic heterocycles. The Labute approximate surface area is 225 Å². The molecule has 3 heteroatoms. The van der Waals surface area contributed by atoms with Crippen molar-refractivity contribution < 1.29 is 58.2 Å². The maximum Gasteiger partial charge on any atom is 1.00 e. The molecule has 4 aliphatic rings. The molecule has 0 atom stereocenters. The quantitative estimate of drug-likeness (QED) is 0.597. The van der Waals surface area contributed by atoms with Gasteiger partial charge in [0.1, 0.15) is 0 Å². The molecule has 0 bridgehead atoms. The zero-order valence-electron chi connectivity index (χ0n) is 20.2. The summed E-state index contributed by atoms with van der Waals surface area (Å²) in [5.41, 5.74) is 1.47. The van der Waals surface area contributed by atoms with E-state index in [1.54, 1.807) is 0 Å². The minimum absolute atomic E-state index is 0. The first-order valence-electron chi connectivity index (χ1n) is 12.3. The number of nitrogens with zero attached hydrogens (tertiary/aromatic N) is 2. The van der Waals surface area contributed by atoms with Crippen LogP contribution in [0, 0.1) is 22.7 Å². The Hall–Kier alpha value is 1.73. The fraction of sp³-hybridized carbons (Fsp3) is 0.960. The summed E-state index contributed by atoms with van der Waals surface area (Å²) >= 11 is 0. The van der Waals surface area contributed by atoms with Crippen LogP contribution < -0.4 is 58.2 Å². The van der Waals surface area contributed by atoms with Crippen molar-refractivity contribution in [2.24, 2.45) is 16.7 Å². The van der Waals surface area contributed by atoms with E-state index in [2.05, 4.69) is 30.6 Å². The minimum Gasteiger partial charge on any atom is -0.332 e. The molecule has 28 heavy (non-hydrogen) atoms. The Morgan fingerprint density at radius 1 is 0.821 bits per heavy atom. The zero-order chi connectivity index (χ0) is 19.5. The third-order valence-electron chi connectivity index (χ3n) is 8.54. The van der Waals surface area contributed by atoms with Gasteiger partial charge in [0.05, 0.1) is 0 Å². The van der Waals surface area contributed by atoms with Gasteiger partial charge in [-0.25, -0.2) is 0 Å². The van der Waals surface area contributed by atoms with Gasteiger partial charge in [-0.2, -0.15) is 12.8 Å². The van der Waals surface area contributed by atoms with Crippen molar-refractivity contribution >= 4 is 0 Å². The Morgan fingerprint density at radius 3 is 1.82 bits per heavy atom. The van der Waals surface area contributed by atoms with E-state index in [1.165, 1.54) is 96.9 Å². The summed E-state index contributed by atoms with van der Waals surface area (Å²) in [4.78, 5) is 5.48. The number of rotatable bonds is 3. The summed E-state index contributed by atoms with van der Waals surface area (Å²) in [7, 11) is 0. The molecule has 0 N–H and O–H groups in total. The fourth-order valence-corrected chi connectivity index (χ4v) is 6.37. The predicted molar refractivity (Wildman–Crippen MR) is 118 cm³/mol. The van der Waals surface area contributed by atoms with Crippen molar-refractivity contribution in [3.8, 4) is 0 Å². The summed E-state index contributed by atoms with van der Waals surface area (Å²) in [5.74, 6) is 2.87. The second-order valence-corrected chi connectivity index (χ2v) is 10.7. The van der Waals surface area contributed by atoms with Gasteiger partial charge in [0.2, 0.25) is 0 Å². The van der Waals surface area contributed by atoms with Crippen LogP contribution in [-0.4, -0.2) is 48.6 Å². The molecule has 4 fully saturated rings. The Bertz CT molecular complexity index is 429. The van der Waals surface area contributed by atoms with Crippen LogP contribution in [0.25, 0.3) is 0 Å². The molecule has 0 radical (unpaired) electrons. The normalized spacial score (nSPS) is 28.5. The minimum atomic E-state index is 0. The molecule has 2 heterocycles. The molecule has 4 rings (SSSR count). The van der Waals surface area contributed by atoms with Crippen molar-refractivity contribution in [3.05, 3.63) is 5.92 Å². The Morgan fingerprint density at radius 2 is 1.32 bits per heavy atom.